The molecule has 1 aromatic heterocycles. The van der Waals surface area contributed by atoms with Gasteiger partial charge < -0.3 is 9.88 Å². The van der Waals surface area contributed by atoms with E-state index in [1.54, 1.807) is 0 Å². The van der Waals surface area contributed by atoms with Crippen molar-refractivity contribution in [2.75, 3.05) is 13.6 Å². The van der Waals surface area contributed by atoms with Crippen molar-refractivity contribution in [3.63, 3.8) is 0 Å². The molecule has 3 heteroatoms. The summed E-state index contributed by atoms with van der Waals surface area (Å²) in [6.07, 6.45) is 7.06. The predicted octanol–water partition coefficient (Wildman–Crippen LogP) is 2.01. The summed E-state index contributed by atoms with van der Waals surface area (Å²) in [5.74, 6) is 0. The van der Waals surface area contributed by atoms with Crippen LogP contribution in [0.4, 0.5) is 0 Å². The molecule has 0 amide bonds. The van der Waals surface area contributed by atoms with Gasteiger partial charge in [-0.25, -0.2) is 4.98 Å². The zero-order chi connectivity index (χ0) is 11.6. The van der Waals surface area contributed by atoms with Crippen molar-refractivity contribution in [1.82, 2.24) is 14.9 Å². The van der Waals surface area contributed by atoms with Gasteiger partial charge in [0.15, 0.2) is 0 Å². The summed E-state index contributed by atoms with van der Waals surface area (Å²) in [7, 11) is 2.02. The van der Waals surface area contributed by atoms with Gasteiger partial charge in [-0.3, -0.25) is 0 Å². The Morgan fingerprint density at radius 3 is 2.88 bits per heavy atom. The van der Waals surface area contributed by atoms with Crippen LogP contribution in [0, 0.1) is 5.41 Å². The van der Waals surface area contributed by atoms with Crippen molar-refractivity contribution in [3.8, 4) is 0 Å². The standard InChI is InChI=1S/C13H23N3/c1-13(2,8-14-3)9-16-10-15-11-6-4-5-7-12(11)16/h10,14H,4-9H2,1-3H3. The molecule has 1 heterocycles. The van der Waals surface area contributed by atoms with E-state index in [0.29, 0.717) is 5.41 Å². The first kappa shape index (κ1) is 11.6. The molecule has 0 unspecified atom stereocenters. The molecule has 1 aromatic rings. The predicted molar refractivity (Wildman–Crippen MR) is 66.6 cm³/mol. The van der Waals surface area contributed by atoms with Crippen molar-refractivity contribution in [1.29, 1.82) is 0 Å². The highest BCUT2D eigenvalue weighted by Crippen LogP contribution is 2.24. The first-order valence-electron chi connectivity index (χ1n) is 6.30. The van der Waals surface area contributed by atoms with E-state index in [0.717, 1.165) is 13.1 Å². The summed E-state index contributed by atoms with van der Waals surface area (Å²) in [5, 5.41) is 3.27. The third-order valence-corrected chi connectivity index (χ3v) is 3.36. The highest BCUT2D eigenvalue weighted by Gasteiger charge is 2.21. The van der Waals surface area contributed by atoms with Gasteiger partial charge in [-0.1, -0.05) is 13.8 Å². The smallest absolute Gasteiger partial charge is 0.0951 e. The van der Waals surface area contributed by atoms with Crippen molar-refractivity contribution in [3.05, 3.63) is 17.7 Å². The third-order valence-electron chi connectivity index (χ3n) is 3.36. The molecule has 1 N–H and O–H groups in total. The lowest BCUT2D eigenvalue weighted by atomic mass is 9.92. The zero-order valence-electron chi connectivity index (χ0n) is 10.7. The normalized spacial score (nSPS) is 16.2. The second-order valence-electron chi connectivity index (χ2n) is 5.67. The third kappa shape index (κ3) is 2.46. The summed E-state index contributed by atoms with van der Waals surface area (Å²) >= 11 is 0. The molecule has 0 bridgehead atoms. The topological polar surface area (TPSA) is 29.9 Å². The number of hydrogen-bond acceptors (Lipinski definition) is 2. The molecular formula is C13H23N3. The molecule has 0 saturated heterocycles. The van der Waals surface area contributed by atoms with Gasteiger partial charge >= 0.3 is 0 Å². The fourth-order valence-electron chi connectivity index (χ4n) is 2.66. The minimum atomic E-state index is 0.292. The minimum Gasteiger partial charge on any atom is -0.334 e. The lowest BCUT2D eigenvalue weighted by molar-refractivity contribution is 0.293. The van der Waals surface area contributed by atoms with Crippen LogP contribution in [0.25, 0.3) is 0 Å². The molecule has 0 aliphatic heterocycles. The quantitative estimate of drug-likeness (QED) is 0.843. The van der Waals surface area contributed by atoms with E-state index in [1.165, 1.54) is 37.1 Å². The number of aryl methyl sites for hydroxylation is 1. The summed E-state index contributed by atoms with van der Waals surface area (Å²) in [6.45, 7) is 6.72. The number of hydrogen-bond donors (Lipinski definition) is 1. The Morgan fingerprint density at radius 1 is 1.38 bits per heavy atom. The molecule has 0 atom stereocenters. The van der Waals surface area contributed by atoms with Crippen LogP contribution in [-0.2, 0) is 19.4 Å². The van der Waals surface area contributed by atoms with Crippen LogP contribution in [-0.4, -0.2) is 23.1 Å². The lowest BCUT2D eigenvalue weighted by Crippen LogP contribution is -2.31. The van der Waals surface area contributed by atoms with Crippen LogP contribution in [0.5, 0.6) is 0 Å². The molecule has 16 heavy (non-hydrogen) atoms. The molecule has 2 rings (SSSR count). The minimum absolute atomic E-state index is 0.292. The van der Waals surface area contributed by atoms with Gasteiger partial charge in [0.1, 0.15) is 0 Å². The molecule has 90 valence electrons. The average Bonchev–Trinajstić information content (AvgIpc) is 2.61. The van der Waals surface area contributed by atoms with Crippen molar-refractivity contribution >= 4 is 0 Å². The zero-order valence-corrected chi connectivity index (χ0v) is 10.7. The number of nitrogens with zero attached hydrogens (tertiary/aromatic N) is 2. The van der Waals surface area contributed by atoms with Gasteiger partial charge in [-0.05, 0) is 38.1 Å². The maximum absolute atomic E-state index is 4.54. The van der Waals surface area contributed by atoms with Gasteiger partial charge in [0, 0.05) is 18.8 Å². The molecule has 0 saturated carbocycles. The van der Waals surface area contributed by atoms with E-state index in [-0.39, 0.29) is 0 Å². The first-order valence-corrected chi connectivity index (χ1v) is 6.30. The fourth-order valence-corrected chi connectivity index (χ4v) is 2.66. The Kier molecular flexibility index (Phi) is 3.33. The number of rotatable bonds is 4. The molecule has 0 radical (unpaired) electrons. The monoisotopic (exact) mass is 221 g/mol. The Hall–Kier alpha value is -0.830. The second kappa shape index (κ2) is 4.58. The lowest BCUT2D eigenvalue weighted by Gasteiger charge is -2.26. The maximum atomic E-state index is 4.54. The number of imidazole rings is 1. The van der Waals surface area contributed by atoms with Crippen molar-refractivity contribution in [2.24, 2.45) is 5.41 Å². The van der Waals surface area contributed by atoms with Crippen LogP contribution < -0.4 is 5.32 Å². The van der Waals surface area contributed by atoms with Crippen molar-refractivity contribution in [2.45, 2.75) is 46.1 Å². The molecule has 1 aliphatic rings. The van der Waals surface area contributed by atoms with E-state index in [1.807, 2.05) is 13.4 Å². The summed E-state index contributed by atoms with van der Waals surface area (Å²) in [6, 6.07) is 0. The summed E-state index contributed by atoms with van der Waals surface area (Å²) in [5.41, 5.74) is 3.11. The maximum Gasteiger partial charge on any atom is 0.0951 e. The van der Waals surface area contributed by atoms with Gasteiger partial charge in [0.2, 0.25) is 0 Å². The van der Waals surface area contributed by atoms with Crippen LogP contribution in [0.15, 0.2) is 6.33 Å². The van der Waals surface area contributed by atoms with Crippen LogP contribution in [0.3, 0.4) is 0 Å². The molecule has 0 spiro atoms. The van der Waals surface area contributed by atoms with Crippen LogP contribution >= 0.6 is 0 Å². The van der Waals surface area contributed by atoms with E-state index in [2.05, 4.69) is 28.7 Å². The Bertz CT molecular complexity index is 352. The van der Waals surface area contributed by atoms with E-state index >= 15 is 0 Å². The van der Waals surface area contributed by atoms with Gasteiger partial charge in [0.25, 0.3) is 0 Å². The molecule has 0 aromatic carbocycles. The Balaban J connectivity index is 2.12. The Labute approximate surface area is 98.3 Å². The second-order valence-corrected chi connectivity index (χ2v) is 5.67. The van der Waals surface area contributed by atoms with Crippen molar-refractivity contribution < 1.29 is 0 Å². The summed E-state index contributed by atoms with van der Waals surface area (Å²) < 4.78 is 2.37. The fraction of sp³-hybridized carbons (Fsp3) is 0.769. The van der Waals surface area contributed by atoms with Gasteiger partial charge in [0.05, 0.1) is 12.0 Å². The number of nitrogens with one attached hydrogen (secondary N) is 1. The van der Waals surface area contributed by atoms with E-state index in [9.17, 15) is 0 Å². The molecule has 1 aliphatic carbocycles. The van der Waals surface area contributed by atoms with E-state index in [4.69, 9.17) is 0 Å². The Morgan fingerprint density at radius 2 is 2.12 bits per heavy atom. The average molecular weight is 221 g/mol. The SMILES string of the molecule is CNCC(C)(C)Cn1cnc2c1CCCC2. The first-order chi connectivity index (χ1) is 7.62. The highest BCUT2D eigenvalue weighted by atomic mass is 15.1. The van der Waals surface area contributed by atoms with E-state index < -0.39 is 0 Å². The molecule has 0 fully saturated rings. The molecular weight excluding hydrogens is 198 g/mol. The van der Waals surface area contributed by atoms with Crippen LogP contribution in [0.1, 0.15) is 38.1 Å². The summed E-state index contributed by atoms with van der Waals surface area (Å²) in [4.78, 5) is 4.54. The molecule has 3 nitrogen and oxygen atoms in total. The van der Waals surface area contributed by atoms with Gasteiger partial charge in [-0.2, -0.15) is 0 Å². The number of aromatic nitrogens is 2. The van der Waals surface area contributed by atoms with Gasteiger partial charge in [-0.15, -0.1) is 0 Å². The highest BCUT2D eigenvalue weighted by molar-refractivity contribution is 5.16. The number of fused-ring (bicyclic) bond motifs is 1. The largest absolute Gasteiger partial charge is 0.334 e. The van der Waals surface area contributed by atoms with Crippen LogP contribution in [0.2, 0.25) is 0 Å².